The predicted molar refractivity (Wildman–Crippen MR) is 57.7 cm³/mol. The van der Waals surface area contributed by atoms with Gasteiger partial charge in [-0.15, -0.1) is 0 Å². The Morgan fingerprint density at radius 3 is 2.94 bits per heavy atom. The van der Waals surface area contributed by atoms with Crippen molar-refractivity contribution < 1.29 is 9.18 Å². The van der Waals surface area contributed by atoms with Crippen LogP contribution in [-0.4, -0.2) is 16.1 Å². The van der Waals surface area contributed by atoms with Gasteiger partial charge in [-0.05, 0) is 30.7 Å². The lowest BCUT2D eigenvalue weighted by atomic mass is 10.2. The number of carbonyl (C=O) groups excluding carboxylic acids is 1. The van der Waals surface area contributed by atoms with Crippen LogP contribution in [0.15, 0.2) is 30.5 Å². The number of benzene rings is 1. The van der Waals surface area contributed by atoms with Gasteiger partial charge in [-0.25, -0.2) is 4.39 Å². The minimum atomic E-state index is -0.460. The number of hydrogen-bond donors (Lipinski definition) is 2. The Balaban J connectivity index is 2.21. The molecule has 0 aliphatic heterocycles. The third-order valence-electron chi connectivity index (χ3n) is 2.12. The van der Waals surface area contributed by atoms with Crippen molar-refractivity contribution in [3.05, 3.63) is 47.5 Å². The monoisotopic (exact) mass is 219 g/mol. The Hall–Kier alpha value is -2.17. The molecule has 0 aliphatic carbocycles. The van der Waals surface area contributed by atoms with Crippen LogP contribution in [0, 0.1) is 12.7 Å². The van der Waals surface area contributed by atoms with Gasteiger partial charge in [-0.1, -0.05) is 6.07 Å². The van der Waals surface area contributed by atoms with Crippen LogP contribution in [0.3, 0.4) is 0 Å². The number of halogens is 1. The molecule has 4 nitrogen and oxygen atoms in total. The zero-order valence-corrected chi connectivity index (χ0v) is 8.62. The molecule has 1 aromatic carbocycles. The van der Waals surface area contributed by atoms with Crippen molar-refractivity contribution in [2.24, 2.45) is 0 Å². The maximum atomic E-state index is 13.3. The van der Waals surface area contributed by atoms with Gasteiger partial charge >= 0.3 is 0 Å². The Bertz CT molecular complexity index is 508. The van der Waals surface area contributed by atoms with Gasteiger partial charge in [-0.3, -0.25) is 9.89 Å². The van der Waals surface area contributed by atoms with Gasteiger partial charge in [0.15, 0.2) is 0 Å². The smallest absolute Gasteiger partial charge is 0.273 e. The molecule has 1 amide bonds. The number of amides is 1. The minimum absolute atomic E-state index is 0.166. The molecule has 0 aliphatic rings. The zero-order chi connectivity index (χ0) is 11.5. The van der Waals surface area contributed by atoms with Crippen LogP contribution in [0.1, 0.15) is 16.1 Å². The Kier molecular flexibility index (Phi) is 2.68. The van der Waals surface area contributed by atoms with E-state index in [9.17, 15) is 9.18 Å². The standard InChI is InChI=1S/C11H10FN3O/c1-7-2-3-8(12)10(6-7)14-11(16)9-4-5-13-15-9/h2-6H,1H3,(H,13,15)(H,14,16). The molecule has 0 saturated heterocycles. The van der Waals surface area contributed by atoms with E-state index in [1.165, 1.54) is 18.3 Å². The van der Waals surface area contributed by atoms with Gasteiger partial charge < -0.3 is 5.32 Å². The summed E-state index contributed by atoms with van der Waals surface area (Å²) in [7, 11) is 0. The van der Waals surface area contributed by atoms with E-state index in [0.29, 0.717) is 5.69 Å². The average Bonchev–Trinajstić information content (AvgIpc) is 2.76. The molecular weight excluding hydrogens is 209 g/mol. The first kappa shape index (κ1) is 10.4. The minimum Gasteiger partial charge on any atom is -0.318 e. The second-order valence-electron chi connectivity index (χ2n) is 3.41. The average molecular weight is 219 g/mol. The first-order chi connectivity index (χ1) is 7.66. The summed E-state index contributed by atoms with van der Waals surface area (Å²) in [6.45, 7) is 1.82. The molecule has 16 heavy (non-hydrogen) atoms. The molecular formula is C11H10FN3O. The van der Waals surface area contributed by atoms with Crippen LogP contribution in [-0.2, 0) is 0 Å². The van der Waals surface area contributed by atoms with E-state index in [2.05, 4.69) is 15.5 Å². The number of aromatic nitrogens is 2. The molecule has 1 aromatic heterocycles. The molecule has 0 saturated carbocycles. The molecule has 1 heterocycles. The molecule has 0 bridgehead atoms. The molecule has 2 aromatic rings. The van der Waals surface area contributed by atoms with Crippen LogP contribution < -0.4 is 5.32 Å². The highest BCUT2D eigenvalue weighted by atomic mass is 19.1. The topological polar surface area (TPSA) is 57.8 Å². The number of nitrogens with one attached hydrogen (secondary N) is 2. The fourth-order valence-corrected chi connectivity index (χ4v) is 1.31. The highest BCUT2D eigenvalue weighted by molar-refractivity contribution is 6.02. The van der Waals surface area contributed by atoms with E-state index >= 15 is 0 Å². The second kappa shape index (κ2) is 4.14. The maximum absolute atomic E-state index is 13.3. The van der Waals surface area contributed by atoms with Crippen LogP contribution in [0.5, 0.6) is 0 Å². The summed E-state index contributed by atoms with van der Waals surface area (Å²) in [5.41, 5.74) is 1.34. The number of nitrogens with zero attached hydrogens (tertiary/aromatic N) is 1. The lowest BCUT2D eigenvalue weighted by Crippen LogP contribution is -2.13. The number of aromatic amines is 1. The largest absolute Gasteiger partial charge is 0.318 e. The third kappa shape index (κ3) is 2.08. The zero-order valence-electron chi connectivity index (χ0n) is 8.62. The van der Waals surface area contributed by atoms with Gasteiger partial charge in [0.1, 0.15) is 11.5 Å². The van der Waals surface area contributed by atoms with Crippen molar-refractivity contribution in [3.8, 4) is 0 Å². The summed E-state index contributed by atoms with van der Waals surface area (Å²) in [5, 5.41) is 8.62. The summed E-state index contributed by atoms with van der Waals surface area (Å²) < 4.78 is 13.3. The highest BCUT2D eigenvalue weighted by Crippen LogP contribution is 2.16. The Morgan fingerprint density at radius 2 is 2.25 bits per heavy atom. The summed E-state index contributed by atoms with van der Waals surface area (Å²) in [5.74, 6) is -0.875. The van der Waals surface area contributed by atoms with Gasteiger partial charge in [-0.2, -0.15) is 5.10 Å². The number of hydrogen-bond acceptors (Lipinski definition) is 2. The first-order valence-electron chi connectivity index (χ1n) is 4.73. The van der Waals surface area contributed by atoms with Crippen molar-refractivity contribution in [1.82, 2.24) is 10.2 Å². The van der Waals surface area contributed by atoms with E-state index in [0.717, 1.165) is 5.56 Å². The van der Waals surface area contributed by atoms with E-state index in [-0.39, 0.29) is 5.69 Å². The van der Waals surface area contributed by atoms with Crippen LogP contribution >= 0.6 is 0 Å². The Morgan fingerprint density at radius 1 is 1.44 bits per heavy atom. The Labute approximate surface area is 91.5 Å². The lowest BCUT2D eigenvalue weighted by molar-refractivity contribution is 0.102. The lowest BCUT2D eigenvalue weighted by Gasteiger charge is -2.05. The van der Waals surface area contributed by atoms with E-state index in [1.54, 1.807) is 12.1 Å². The molecule has 0 fully saturated rings. The number of H-pyrrole nitrogens is 1. The molecule has 0 unspecified atom stereocenters. The number of anilines is 1. The summed E-state index contributed by atoms with van der Waals surface area (Å²) in [4.78, 5) is 11.6. The first-order valence-corrected chi connectivity index (χ1v) is 4.73. The fourth-order valence-electron chi connectivity index (χ4n) is 1.31. The summed E-state index contributed by atoms with van der Waals surface area (Å²) in [6, 6.07) is 6.05. The molecule has 2 N–H and O–H groups in total. The van der Waals surface area contributed by atoms with Gasteiger partial charge in [0.25, 0.3) is 5.91 Å². The van der Waals surface area contributed by atoms with Gasteiger partial charge in [0, 0.05) is 6.20 Å². The molecule has 82 valence electrons. The van der Waals surface area contributed by atoms with Crippen molar-refractivity contribution in [1.29, 1.82) is 0 Å². The van der Waals surface area contributed by atoms with Crippen LogP contribution in [0.25, 0.3) is 0 Å². The molecule has 2 rings (SSSR count). The van der Waals surface area contributed by atoms with E-state index in [1.807, 2.05) is 6.92 Å². The second-order valence-corrected chi connectivity index (χ2v) is 3.41. The summed E-state index contributed by atoms with van der Waals surface area (Å²) >= 11 is 0. The van der Waals surface area contributed by atoms with Crippen molar-refractivity contribution in [2.75, 3.05) is 5.32 Å². The molecule has 0 spiro atoms. The van der Waals surface area contributed by atoms with Crippen molar-refractivity contribution in [3.63, 3.8) is 0 Å². The number of carbonyl (C=O) groups is 1. The van der Waals surface area contributed by atoms with E-state index in [4.69, 9.17) is 0 Å². The fraction of sp³-hybridized carbons (Fsp3) is 0.0909. The van der Waals surface area contributed by atoms with Gasteiger partial charge in [0.05, 0.1) is 5.69 Å². The predicted octanol–water partition coefficient (Wildman–Crippen LogP) is 2.11. The van der Waals surface area contributed by atoms with Gasteiger partial charge in [0.2, 0.25) is 0 Å². The normalized spacial score (nSPS) is 10.1. The molecule has 0 atom stereocenters. The SMILES string of the molecule is Cc1ccc(F)c(NC(=O)c2ccn[nH]2)c1. The van der Waals surface area contributed by atoms with E-state index < -0.39 is 11.7 Å². The maximum Gasteiger partial charge on any atom is 0.273 e. The molecule has 0 radical (unpaired) electrons. The number of rotatable bonds is 2. The van der Waals surface area contributed by atoms with Crippen LogP contribution in [0.4, 0.5) is 10.1 Å². The third-order valence-corrected chi connectivity index (χ3v) is 2.12. The quantitative estimate of drug-likeness (QED) is 0.812. The summed E-state index contributed by atoms with van der Waals surface area (Å²) in [6.07, 6.45) is 1.46. The molecule has 5 heteroatoms. The van der Waals surface area contributed by atoms with Crippen LogP contribution in [0.2, 0.25) is 0 Å². The number of aryl methyl sites for hydroxylation is 1. The highest BCUT2D eigenvalue weighted by Gasteiger charge is 2.09. The van der Waals surface area contributed by atoms with Crippen molar-refractivity contribution in [2.45, 2.75) is 6.92 Å². The van der Waals surface area contributed by atoms with Crippen molar-refractivity contribution >= 4 is 11.6 Å².